The smallest absolute Gasteiger partial charge is 0.147 e. The Kier molecular flexibility index (Phi) is 2.21. The van der Waals surface area contributed by atoms with Crippen LogP contribution in [-0.2, 0) is 6.42 Å². The molecule has 1 aliphatic carbocycles. The van der Waals surface area contributed by atoms with Crippen LogP contribution in [0.4, 0.5) is 4.39 Å². The van der Waals surface area contributed by atoms with Gasteiger partial charge in [0.1, 0.15) is 5.82 Å². The number of hydrogen-bond donors (Lipinski definition) is 2. The number of aryl methyl sites for hydroxylation is 1. The lowest BCUT2D eigenvalue weighted by Crippen LogP contribution is -2.21. The Labute approximate surface area is 93.9 Å². The summed E-state index contributed by atoms with van der Waals surface area (Å²) in [7, 11) is 1.96. The van der Waals surface area contributed by atoms with Gasteiger partial charge in [-0.3, -0.25) is 0 Å². The van der Waals surface area contributed by atoms with Gasteiger partial charge >= 0.3 is 0 Å². The number of nitrogens with one attached hydrogen (secondary N) is 2. The normalized spacial score (nSPS) is 20.0. The molecule has 1 aromatic carbocycles. The van der Waals surface area contributed by atoms with Crippen LogP contribution in [0.2, 0.25) is 0 Å². The van der Waals surface area contributed by atoms with Crippen molar-refractivity contribution in [3.05, 3.63) is 35.3 Å². The number of rotatable bonds is 1. The maximum atomic E-state index is 13.7. The lowest BCUT2D eigenvalue weighted by Gasteiger charge is -2.21. The molecule has 0 radical (unpaired) electrons. The van der Waals surface area contributed by atoms with E-state index in [0.717, 1.165) is 18.2 Å². The van der Waals surface area contributed by atoms with Crippen molar-refractivity contribution in [1.82, 2.24) is 10.3 Å². The first-order chi connectivity index (χ1) is 7.81. The molecular formula is C13H15FN2. The molecule has 1 unspecified atom stereocenters. The number of aromatic amines is 1. The van der Waals surface area contributed by atoms with Gasteiger partial charge in [-0.15, -0.1) is 0 Å². The minimum Gasteiger partial charge on any atom is -0.354 e. The van der Waals surface area contributed by atoms with Crippen LogP contribution in [0, 0.1) is 5.82 Å². The number of H-pyrrole nitrogens is 1. The van der Waals surface area contributed by atoms with Crippen LogP contribution in [0.3, 0.4) is 0 Å². The highest BCUT2D eigenvalue weighted by Gasteiger charge is 2.23. The van der Waals surface area contributed by atoms with Gasteiger partial charge in [0.15, 0.2) is 0 Å². The molecule has 0 fully saturated rings. The van der Waals surface area contributed by atoms with Gasteiger partial charge in [0.25, 0.3) is 0 Å². The molecule has 1 aromatic heterocycles. The predicted molar refractivity (Wildman–Crippen MR) is 63.0 cm³/mol. The van der Waals surface area contributed by atoms with Crippen molar-refractivity contribution in [2.24, 2.45) is 0 Å². The average Bonchev–Trinajstić information content (AvgIpc) is 2.69. The molecule has 2 nitrogen and oxygen atoms in total. The van der Waals surface area contributed by atoms with Crippen molar-refractivity contribution in [2.75, 3.05) is 7.05 Å². The van der Waals surface area contributed by atoms with Crippen molar-refractivity contribution >= 4 is 10.9 Å². The molecule has 16 heavy (non-hydrogen) atoms. The third-order valence-corrected chi connectivity index (χ3v) is 3.54. The van der Waals surface area contributed by atoms with Crippen LogP contribution in [-0.4, -0.2) is 12.0 Å². The molecule has 0 spiro atoms. The van der Waals surface area contributed by atoms with Gasteiger partial charge in [0, 0.05) is 17.1 Å². The maximum Gasteiger partial charge on any atom is 0.147 e. The number of fused-ring (bicyclic) bond motifs is 3. The lowest BCUT2D eigenvalue weighted by molar-refractivity contribution is 0.489. The number of hydrogen-bond acceptors (Lipinski definition) is 1. The Morgan fingerprint density at radius 3 is 3.12 bits per heavy atom. The van der Waals surface area contributed by atoms with Crippen molar-refractivity contribution in [3.63, 3.8) is 0 Å². The van der Waals surface area contributed by atoms with Crippen molar-refractivity contribution in [1.29, 1.82) is 0 Å². The van der Waals surface area contributed by atoms with E-state index in [9.17, 15) is 4.39 Å². The molecule has 2 N–H and O–H groups in total. The highest BCUT2D eigenvalue weighted by atomic mass is 19.1. The summed E-state index contributed by atoms with van der Waals surface area (Å²) in [4.78, 5) is 3.25. The third-order valence-electron chi connectivity index (χ3n) is 3.54. The van der Waals surface area contributed by atoms with Gasteiger partial charge in [-0.1, -0.05) is 12.1 Å². The summed E-state index contributed by atoms with van der Waals surface area (Å²) in [6.45, 7) is 0. The van der Waals surface area contributed by atoms with Gasteiger partial charge in [0.2, 0.25) is 0 Å². The van der Waals surface area contributed by atoms with Gasteiger partial charge in [-0.25, -0.2) is 4.39 Å². The number of aromatic nitrogens is 1. The zero-order valence-electron chi connectivity index (χ0n) is 9.31. The minimum absolute atomic E-state index is 0.151. The van der Waals surface area contributed by atoms with Gasteiger partial charge in [-0.2, -0.15) is 0 Å². The fourth-order valence-corrected chi connectivity index (χ4v) is 2.74. The zero-order chi connectivity index (χ0) is 11.1. The van der Waals surface area contributed by atoms with Crippen LogP contribution in [0.25, 0.3) is 10.9 Å². The summed E-state index contributed by atoms with van der Waals surface area (Å²) >= 11 is 0. The first-order valence-corrected chi connectivity index (χ1v) is 5.77. The number of benzene rings is 1. The second-order valence-corrected chi connectivity index (χ2v) is 4.41. The van der Waals surface area contributed by atoms with Gasteiger partial charge < -0.3 is 10.3 Å². The molecule has 1 aliphatic rings. The standard InChI is InChI=1S/C13H15FN2/c1-15-11-7-3-5-9-8-4-2-6-10(14)12(8)16-13(9)11/h2,4,6,11,15-16H,3,5,7H2,1H3. The summed E-state index contributed by atoms with van der Waals surface area (Å²) in [5.41, 5.74) is 3.13. The highest BCUT2D eigenvalue weighted by molar-refractivity contribution is 5.85. The molecule has 1 heterocycles. The van der Waals surface area contributed by atoms with E-state index in [1.807, 2.05) is 13.1 Å². The van der Waals surface area contributed by atoms with Gasteiger partial charge in [0.05, 0.1) is 5.52 Å². The van der Waals surface area contributed by atoms with E-state index in [0.29, 0.717) is 11.6 Å². The van der Waals surface area contributed by atoms with Gasteiger partial charge in [-0.05, 0) is 37.9 Å². The predicted octanol–water partition coefficient (Wildman–Crippen LogP) is 2.90. The van der Waals surface area contributed by atoms with E-state index in [1.54, 1.807) is 6.07 Å². The Hall–Kier alpha value is -1.35. The fraction of sp³-hybridized carbons (Fsp3) is 0.385. The molecule has 0 amide bonds. The molecule has 84 valence electrons. The van der Waals surface area contributed by atoms with E-state index in [4.69, 9.17) is 0 Å². The minimum atomic E-state index is -0.151. The largest absolute Gasteiger partial charge is 0.354 e. The summed E-state index contributed by atoms with van der Waals surface area (Å²) in [6.07, 6.45) is 3.34. The van der Waals surface area contributed by atoms with E-state index in [2.05, 4.69) is 10.3 Å². The summed E-state index contributed by atoms with van der Waals surface area (Å²) in [6, 6.07) is 5.65. The Morgan fingerprint density at radius 2 is 2.31 bits per heavy atom. The molecule has 2 aromatic rings. The number of para-hydroxylation sites is 1. The molecule has 0 saturated carbocycles. The second kappa shape index (κ2) is 3.59. The summed E-state index contributed by atoms with van der Waals surface area (Å²) in [5, 5.41) is 4.34. The van der Waals surface area contributed by atoms with E-state index in [-0.39, 0.29) is 5.82 Å². The first-order valence-electron chi connectivity index (χ1n) is 5.77. The summed E-state index contributed by atoms with van der Waals surface area (Å²) in [5.74, 6) is -0.151. The number of halogens is 1. The Balaban J connectivity index is 2.28. The Bertz CT molecular complexity index is 530. The highest BCUT2D eigenvalue weighted by Crippen LogP contribution is 2.35. The average molecular weight is 218 g/mol. The molecule has 0 saturated heterocycles. The zero-order valence-corrected chi connectivity index (χ0v) is 9.31. The molecular weight excluding hydrogens is 203 g/mol. The quantitative estimate of drug-likeness (QED) is 0.756. The van der Waals surface area contributed by atoms with Crippen molar-refractivity contribution in [3.8, 4) is 0 Å². The Morgan fingerprint density at radius 1 is 1.44 bits per heavy atom. The van der Waals surface area contributed by atoms with E-state index < -0.39 is 0 Å². The second-order valence-electron chi connectivity index (χ2n) is 4.41. The maximum absolute atomic E-state index is 13.7. The van der Waals surface area contributed by atoms with Crippen LogP contribution in [0.1, 0.15) is 30.1 Å². The van der Waals surface area contributed by atoms with Crippen LogP contribution < -0.4 is 5.32 Å². The molecule has 1 atom stereocenters. The lowest BCUT2D eigenvalue weighted by atomic mass is 9.92. The third kappa shape index (κ3) is 1.28. The molecule has 3 rings (SSSR count). The van der Waals surface area contributed by atoms with Crippen molar-refractivity contribution < 1.29 is 4.39 Å². The van der Waals surface area contributed by atoms with Crippen LogP contribution in [0.15, 0.2) is 18.2 Å². The first kappa shape index (κ1) is 9.85. The van der Waals surface area contributed by atoms with E-state index in [1.165, 1.54) is 23.7 Å². The topological polar surface area (TPSA) is 27.8 Å². The molecule has 0 aliphatic heterocycles. The monoisotopic (exact) mass is 218 g/mol. The van der Waals surface area contributed by atoms with Crippen LogP contribution >= 0.6 is 0 Å². The molecule has 3 heteroatoms. The van der Waals surface area contributed by atoms with E-state index >= 15 is 0 Å². The fourth-order valence-electron chi connectivity index (χ4n) is 2.74. The summed E-state index contributed by atoms with van der Waals surface area (Å²) < 4.78 is 13.7. The molecule has 0 bridgehead atoms. The SMILES string of the molecule is CNC1CCCc2c1[nH]c1c(F)cccc21. The van der Waals surface area contributed by atoms with Crippen LogP contribution in [0.5, 0.6) is 0 Å². The van der Waals surface area contributed by atoms with Crippen molar-refractivity contribution in [2.45, 2.75) is 25.3 Å².